The van der Waals surface area contributed by atoms with Gasteiger partial charge in [0.1, 0.15) is 5.69 Å². The first-order chi connectivity index (χ1) is 9.99. The first kappa shape index (κ1) is 14.0. The molecule has 2 heterocycles. The molecular weight excluding hydrogens is 286 g/mol. The van der Waals surface area contributed by atoms with Gasteiger partial charge in [-0.15, -0.1) is 0 Å². The number of nitrogens with two attached hydrogens (primary N) is 1. The van der Waals surface area contributed by atoms with Crippen molar-refractivity contribution in [2.45, 2.75) is 26.3 Å². The Bertz CT molecular complexity index is 706. The average molecular weight is 304 g/mol. The molecule has 0 saturated carbocycles. The van der Waals surface area contributed by atoms with E-state index >= 15 is 0 Å². The topological polar surface area (TPSA) is 51.3 Å². The Kier molecular flexibility index (Phi) is 3.41. The molecule has 1 aliphatic heterocycles. The fraction of sp³-hybridized carbons (Fsp3) is 0.312. The van der Waals surface area contributed by atoms with Crippen LogP contribution in [-0.2, 0) is 6.42 Å². The van der Waals surface area contributed by atoms with Gasteiger partial charge in [0, 0.05) is 18.8 Å². The molecule has 0 fully saturated rings. The zero-order chi connectivity index (χ0) is 15.1. The molecule has 21 heavy (non-hydrogen) atoms. The van der Waals surface area contributed by atoms with Gasteiger partial charge in [-0.2, -0.15) is 0 Å². The molecular formula is C16H18ClN3O. The van der Waals surface area contributed by atoms with Crippen LogP contribution in [0.1, 0.15) is 35.9 Å². The summed E-state index contributed by atoms with van der Waals surface area (Å²) in [5, 5.41) is 0.576. The van der Waals surface area contributed by atoms with Crippen molar-refractivity contribution < 1.29 is 4.79 Å². The lowest BCUT2D eigenvalue weighted by Crippen LogP contribution is -2.31. The van der Waals surface area contributed by atoms with Gasteiger partial charge in [0.15, 0.2) is 0 Å². The first-order valence-corrected chi connectivity index (χ1v) is 7.43. The maximum Gasteiger partial charge on any atom is 0.275 e. The molecule has 110 valence electrons. The van der Waals surface area contributed by atoms with Crippen LogP contribution in [0.2, 0.25) is 5.02 Å². The molecule has 5 heteroatoms. The van der Waals surface area contributed by atoms with Crippen molar-refractivity contribution in [3.05, 3.63) is 46.7 Å². The number of nitrogens with zero attached hydrogens (tertiary/aromatic N) is 2. The summed E-state index contributed by atoms with van der Waals surface area (Å²) in [4.78, 5) is 14.7. The number of rotatable bonds is 2. The minimum absolute atomic E-state index is 0.0488. The van der Waals surface area contributed by atoms with E-state index in [9.17, 15) is 4.79 Å². The number of amides is 1. The van der Waals surface area contributed by atoms with Crippen molar-refractivity contribution in [3.63, 3.8) is 0 Å². The van der Waals surface area contributed by atoms with Crippen LogP contribution in [0.4, 0.5) is 11.4 Å². The third-order valence-corrected chi connectivity index (χ3v) is 4.07. The number of benzene rings is 1. The van der Waals surface area contributed by atoms with Crippen LogP contribution in [0, 0.1) is 0 Å². The van der Waals surface area contributed by atoms with Crippen LogP contribution in [0.3, 0.4) is 0 Å². The molecule has 4 nitrogen and oxygen atoms in total. The van der Waals surface area contributed by atoms with E-state index in [1.165, 1.54) is 0 Å². The fourth-order valence-electron chi connectivity index (χ4n) is 2.87. The zero-order valence-electron chi connectivity index (χ0n) is 12.1. The monoisotopic (exact) mass is 303 g/mol. The predicted octanol–water partition coefficient (Wildman–Crippen LogP) is 3.51. The fourth-order valence-corrected chi connectivity index (χ4v) is 3.08. The van der Waals surface area contributed by atoms with E-state index in [-0.39, 0.29) is 11.9 Å². The number of anilines is 2. The largest absolute Gasteiger partial charge is 0.397 e. The Hall–Kier alpha value is -1.94. The second-order valence-corrected chi connectivity index (χ2v) is 6.04. The van der Waals surface area contributed by atoms with Gasteiger partial charge < -0.3 is 15.2 Å². The SMILES string of the molecule is CC(C)n1cc(Cl)cc1C(=O)N1CCc2cccc(N)c21. The van der Waals surface area contributed by atoms with E-state index in [1.807, 2.05) is 36.6 Å². The number of carbonyl (C=O) groups is 1. The summed E-state index contributed by atoms with van der Waals surface area (Å²) >= 11 is 6.08. The molecule has 2 N–H and O–H groups in total. The number of carbonyl (C=O) groups excluding carboxylic acids is 1. The molecule has 0 spiro atoms. The third kappa shape index (κ3) is 2.29. The lowest BCUT2D eigenvalue weighted by molar-refractivity contribution is 0.0979. The van der Waals surface area contributed by atoms with E-state index in [2.05, 4.69) is 0 Å². The highest BCUT2D eigenvalue weighted by Gasteiger charge is 2.29. The molecule has 0 bridgehead atoms. The zero-order valence-corrected chi connectivity index (χ0v) is 12.9. The van der Waals surface area contributed by atoms with Crippen LogP contribution < -0.4 is 10.6 Å². The lowest BCUT2D eigenvalue weighted by atomic mass is 10.1. The molecule has 1 aromatic heterocycles. The Balaban J connectivity index is 2.03. The molecule has 0 saturated heterocycles. The van der Waals surface area contributed by atoms with Gasteiger partial charge in [0.05, 0.1) is 16.4 Å². The van der Waals surface area contributed by atoms with Gasteiger partial charge >= 0.3 is 0 Å². The van der Waals surface area contributed by atoms with Gasteiger partial charge in [0.25, 0.3) is 5.91 Å². The van der Waals surface area contributed by atoms with E-state index < -0.39 is 0 Å². The quantitative estimate of drug-likeness (QED) is 0.863. The maximum atomic E-state index is 12.9. The molecule has 0 atom stereocenters. The van der Waals surface area contributed by atoms with Gasteiger partial charge in [0.2, 0.25) is 0 Å². The van der Waals surface area contributed by atoms with Crippen LogP contribution in [0.25, 0.3) is 0 Å². The highest BCUT2D eigenvalue weighted by molar-refractivity contribution is 6.31. The summed E-state index contributed by atoms with van der Waals surface area (Å²) in [5.74, 6) is -0.0488. The van der Waals surface area contributed by atoms with Crippen molar-refractivity contribution in [2.75, 3.05) is 17.2 Å². The van der Waals surface area contributed by atoms with E-state index in [0.29, 0.717) is 22.9 Å². The summed E-state index contributed by atoms with van der Waals surface area (Å²) < 4.78 is 1.90. The Morgan fingerprint density at radius 2 is 2.14 bits per heavy atom. The second-order valence-electron chi connectivity index (χ2n) is 5.61. The standard InChI is InChI=1S/C16H18ClN3O/c1-10(2)20-9-12(17)8-14(20)16(21)19-7-6-11-4-3-5-13(18)15(11)19/h3-5,8-10H,6-7,18H2,1-2H3. The number of nitrogen functional groups attached to an aromatic ring is 1. The second kappa shape index (κ2) is 5.11. The van der Waals surface area contributed by atoms with E-state index in [4.69, 9.17) is 17.3 Å². The van der Waals surface area contributed by atoms with E-state index in [0.717, 1.165) is 17.7 Å². The van der Waals surface area contributed by atoms with Crippen molar-refractivity contribution in [3.8, 4) is 0 Å². The van der Waals surface area contributed by atoms with Gasteiger partial charge in [-0.25, -0.2) is 0 Å². The predicted molar refractivity (Wildman–Crippen MR) is 86.1 cm³/mol. The minimum atomic E-state index is -0.0488. The van der Waals surface area contributed by atoms with E-state index in [1.54, 1.807) is 17.2 Å². The minimum Gasteiger partial charge on any atom is -0.397 e. The summed E-state index contributed by atoms with van der Waals surface area (Å²) in [7, 11) is 0. The molecule has 2 aromatic rings. The lowest BCUT2D eigenvalue weighted by Gasteiger charge is -2.21. The number of hydrogen-bond acceptors (Lipinski definition) is 2. The van der Waals surface area contributed by atoms with Crippen molar-refractivity contribution in [1.82, 2.24) is 4.57 Å². The average Bonchev–Trinajstić information content (AvgIpc) is 3.02. The molecule has 3 rings (SSSR count). The molecule has 1 amide bonds. The molecule has 0 unspecified atom stereocenters. The van der Waals surface area contributed by atoms with Gasteiger partial charge in [-0.3, -0.25) is 4.79 Å². The number of halogens is 1. The highest BCUT2D eigenvalue weighted by Crippen LogP contribution is 2.35. The normalized spacial score (nSPS) is 13.8. The first-order valence-electron chi connectivity index (χ1n) is 7.05. The summed E-state index contributed by atoms with van der Waals surface area (Å²) in [6.45, 7) is 4.71. The third-order valence-electron chi connectivity index (χ3n) is 3.86. The van der Waals surface area contributed by atoms with Gasteiger partial charge in [-0.05, 0) is 38.0 Å². The number of hydrogen-bond donors (Lipinski definition) is 1. The summed E-state index contributed by atoms with van der Waals surface area (Å²) in [5.41, 5.74) is 9.27. The number of aromatic nitrogens is 1. The van der Waals surface area contributed by atoms with Crippen LogP contribution in [-0.4, -0.2) is 17.0 Å². The smallest absolute Gasteiger partial charge is 0.275 e. The number of para-hydroxylation sites is 1. The Labute approximate surface area is 129 Å². The summed E-state index contributed by atoms with van der Waals surface area (Å²) in [6, 6.07) is 7.68. The van der Waals surface area contributed by atoms with Crippen molar-refractivity contribution in [1.29, 1.82) is 0 Å². The summed E-state index contributed by atoms with van der Waals surface area (Å²) in [6.07, 6.45) is 2.63. The van der Waals surface area contributed by atoms with Crippen LogP contribution in [0.15, 0.2) is 30.5 Å². The Morgan fingerprint density at radius 1 is 1.38 bits per heavy atom. The molecule has 1 aromatic carbocycles. The highest BCUT2D eigenvalue weighted by atomic mass is 35.5. The van der Waals surface area contributed by atoms with Crippen molar-refractivity contribution >= 4 is 28.9 Å². The van der Waals surface area contributed by atoms with Crippen LogP contribution in [0.5, 0.6) is 0 Å². The van der Waals surface area contributed by atoms with Gasteiger partial charge in [-0.1, -0.05) is 23.7 Å². The van der Waals surface area contributed by atoms with Crippen LogP contribution >= 0.6 is 11.6 Å². The Morgan fingerprint density at radius 3 is 2.86 bits per heavy atom. The molecule has 0 radical (unpaired) electrons. The molecule has 0 aliphatic carbocycles. The maximum absolute atomic E-state index is 12.9. The molecule has 1 aliphatic rings. The number of fused-ring (bicyclic) bond motifs is 1. The van der Waals surface area contributed by atoms with Crippen molar-refractivity contribution in [2.24, 2.45) is 0 Å².